The first kappa shape index (κ1) is 28.7. The third kappa shape index (κ3) is 5.84. The number of fused-ring (bicyclic) bond motifs is 1. The van der Waals surface area contributed by atoms with Gasteiger partial charge in [0.1, 0.15) is 11.6 Å². The van der Waals surface area contributed by atoms with Crippen molar-refractivity contribution in [3.8, 4) is 16.9 Å². The van der Waals surface area contributed by atoms with Gasteiger partial charge >= 0.3 is 12.8 Å². The lowest BCUT2D eigenvalue weighted by atomic mass is 10.0. The van der Waals surface area contributed by atoms with Crippen LogP contribution in [0.25, 0.3) is 11.1 Å². The molecule has 0 aromatic heterocycles. The molecule has 1 amide bonds. The Morgan fingerprint density at radius 3 is 2.41 bits per heavy atom. The summed E-state index contributed by atoms with van der Waals surface area (Å²) in [4.78, 5) is 13.5. The number of aliphatic hydroxyl groups excluding tert-OH is 1. The zero-order valence-corrected chi connectivity index (χ0v) is 21.8. The first-order chi connectivity index (χ1) is 19.2. The molecule has 2 aliphatic heterocycles. The Bertz CT molecular complexity index is 1590. The molecular weight excluding hydrogens is 578 g/mol. The van der Waals surface area contributed by atoms with Crippen LogP contribution in [0.1, 0.15) is 17.5 Å². The number of ether oxygens (including phenoxy) is 1. The van der Waals surface area contributed by atoms with Crippen LogP contribution < -0.4 is 9.04 Å². The van der Waals surface area contributed by atoms with Gasteiger partial charge in [0.15, 0.2) is 0 Å². The molecule has 0 radical (unpaired) electrons. The second-order valence-electron chi connectivity index (χ2n) is 9.74. The molecule has 3 aromatic rings. The van der Waals surface area contributed by atoms with Gasteiger partial charge in [-0.2, -0.15) is 22.0 Å². The van der Waals surface area contributed by atoms with Crippen molar-refractivity contribution in [1.29, 1.82) is 0 Å². The molecule has 1 saturated heterocycles. The molecule has 5 rings (SSSR count). The van der Waals surface area contributed by atoms with Crippen LogP contribution in [0.3, 0.4) is 0 Å². The number of hydrogen-bond acceptors (Lipinski definition) is 5. The molecule has 0 aliphatic carbocycles. The van der Waals surface area contributed by atoms with Gasteiger partial charge in [0.2, 0.25) is 5.91 Å². The van der Waals surface area contributed by atoms with E-state index in [1.54, 1.807) is 0 Å². The minimum atomic E-state index is -4.81. The fourth-order valence-corrected chi connectivity index (χ4v) is 6.70. The SMILES string of the molecule is O=C(CC1Cc2ccc(-c3cc(F)cc(OC(F)F)c3)cc2N1S(=O)(=O)c1cccc(C(F)(F)F)c1)N1CC(O)C1. The van der Waals surface area contributed by atoms with Crippen LogP contribution in [0.15, 0.2) is 65.6 Å². The number of likely N-dealkylation sites (tertiary alicyclic amines) is 1. The Hall–Kier alpha value is -3.78. The van der Waals surface area contributed by atoms with Crippen molar-refractivity contribution >= 4 is 21.6 Å². The molecule has 1 fully saturated rings. The lowest BCUT2D eigenvalue weighted by Crippen LogP contribution is -2.54. The van der Waals surface area contributed by atoms with Crippen LogP contribution in [0.5, 0.6) is 5.75 Å². The van der Waals surface area contributed by atoms with Gasteiger partial charge in [-0.15, -0.1) is 0 Å². The zero-order chi connectivity index (χ0) is 29.7. The first-order valence-corrected chi connectivity index (χ1v) is 13.7. The molecular formula is C27H22F6N2O5S. The van der Waals surface area contributed by atoms with Gasteiger partial charge in [0.05, 0.1) is 28.3 Å². The number of anilines is 1. The van der Waals surface area contributed by atoms with Crippen LogP contribution in [0, 0.1) is 5.82 Å². The maximum absolute atomic E-state index is 14.2. The van der Waals surface area contributed by atoms with E-state index in [0.717, 1.165) is 40.7 Å². The molecule has 41 heavy (non-hydrogen) atoms. The van der Waals surface area contributed by atoms with Gasteiger partial charge in [-0.1, -0.05) is 18.2 Å². The molecule has 2 aliphatic rings. The second kappa shape index (κ2) is 10.6. The molecule has 0 bridgehead atoms. The summed E-state index contributed by atoms with van der Waals surface area (Å²) in [7, 11) is -4.67. The Morgan fingerprint density at radius 2 is 1.76 bits per heavy atom. The molecule has 1 unspecified atom stereocenters. The van der Waals surface area contributed by atoms with Gasteiger partial charge in [0.25, 0.3) is 10.0 Å². The van der Waals surface area contributed by atoms with Gasteiger partial charge < -0.3 is 14.7 Å². The van der Waals surface area contributed by atoms with Crippen LogP contribution in [0.2, 0.25) is 0 Å². The first-order valence-electron chi connectivity index (χ1n) is 12.3. The Balaban J connectivity index is 1.58. The average molecular weight is 601 g/mol. The minimum Gasteiger partial charge on any atom is -0.435 e. The van der Waals surface area contributed by atoms with E-state index in [1.807, 2.05) is 0 Å². The van der Waals surface area contributed by atoms with Crippen LogP contribution in [-0.4, -0.2) is 56.2 Å². The van der Waals surface area contributed by atoms with Gasteiger partial charge in [0, 0.05) is 25.6 Å². The Morgan fingerprint density at radius 1 is 1.02 bits per heavy atom. The maximum atomic E-state index is 14.2. The number of halogens is 6. The van der Waals surface area contributed by atoms with Gasteiger partial charge in [-0.25, -0.2) is 12.8 Å². The topological polar surface area (TPSA) is 87.2 Å². The highest BCUT2D eigenvalue weighted by Gasteiger charge is 2.42. The van der Waals surface area contributed by atoms with Crippen molar-refractivity contribution in [2.75, 3.05) is 17.4 Å². The van der Waals surface area contributed by atoms with E-state index in [1.165, 1.54) is 23.1 Å². The number of carbonyl (C=O) groups excluding carboxylic acids is 1. The van der Waals surface area contributed by atoms with Crippen molar-refractivity contribution < 1.29 is 49.4 Å². The molecule has 14 heteroatoms. The van der Waals surface area contributed by atoms with Crippen molar-refractivity contribution in [2.45, 2.75) is 42.7 Å². The molecule has 3 aromatic carbocycles. The van der Waals surface area contributed by atoms with Crippen LogP contribution >= 0.6 is 0 Å². The predicted molar refractivity (Wildman–Crippen MR) is 134 cm³/mol. The fraction of sp³-hybridized carbons (Fsp3) is 0.296. The molecule has 0 saturated carbocycles. The molecule has 2 heterocycles. The van der Waals surface area contributed by atoms with E-state index in [9.17, 15) is 44.7 Å². The number of nitrogens with zero attached hydrogens (tertiary/aromatic N) is 2. The number of carbonyl (C=O) groups is 1. The van der Waals surface area contributed by atoms with E-state index in [-0.39, 0.29) is 42.7 Å². The summed E-state index contributed by atoms with van der Waals surface area (Å²) in [5.74, 6) is -1.81. The number of hydrogen-bond donors (Lipinski definition) is 1. The molecule has 0 spiro atoms. The lowest BCUT2D eigenvalue weighted by molar-refractivity contribution is -0.141. The van der Waals surface area contributed by atoms with E-state index in [0.29, 0.717) is 11.6 Å². The number of sulfonamides is 1. The lowest BCUT2D eigenvalue weighted by Gasteiger charge is -2.37. The maximum Gasteiger partial charge on any atom is 0.416 e. The smallest absolute Gasteiger partial charge is 0.416 e. The highest BCUT2D eigenvalue weighted by Crippen LogP contribution is 2.42. The van der Waals surface area contributed by atoms with Crippen LogP contribution in [-0.2, 0) is 27.4 Å². The van der Waals surface area contributed by atoms with Crippen molar-refractivity contribution in [2.24, 2.45) is 0 Å². The third-order valence-corrected chi connectivity index (χ3v) is 8.75. The predicted octanol–water partition coefficient (Wildman–Crippen LogP) is 4.83. The average Bonchev–Trinajstić information content (AvgIpc) is 3.23. The summed E-state index contributed by atoms with van der Waals surface area (Å²) in [6, 6.07) is 9.47. The normalized spacial score (nSPS) is 17.5. The quantitative estimate of drug-likeness (QED) is 0.393. The highest BCUT2D eigenvalue weighted by molar-refractivity contribution is 7.92. The minimum absolute atomic E-state index is 0.0405. The number of alkyl halides is 5. The summed E-state index contributed by atoms with van der Waals surface area (Å²) >= 11 is 0. The molecule has 1 atom stereocenters. The van der Waals surface area contributed by atoms with Crippen molar-refractivity contribution in [3.63, 3.8) is 0 Å². The van der Waals surface area contributed by atoms with Crippen molar-refractivity contribution in [3.05, 3.63) is 77.6 Å². The summed E-state index contributed by atoms with van der Waals surface area (Å²) in [6.07, 6.45) is -5.79. The Labute approximate surface area is 230 Å². The van der Waals surface area contributed by atoms with Crippen molar-refractivity contribution in [1.82, 2.24) is 4.90 Å². The summed E-state index contributed by atoms with van der Waals surface area (Å²) < 4.78 is 113. The third-order valence-electron chi connectivity index (χ3n) is 6.88. The molecule has 7 nitrogen and oxygen atoms in total. The monoisotopic (exact) mass is 600 g/mol. The second-order valence-corrected chi connectivity index (χ2v) is 11.6. The number of β-amino-alcohol motifs (C(OH)–C–C–N with tert-alkyl or cyclic N) is 1. The van der Waals surface area contributed by atoms with E-state index < -0.39 is 62.9 Å². The number of benzene rings is 3. The zero-order valence-electron chi connectivity index (χ0n) is 21.0. The highest BCUT2D eigenvalue weighted by atomic mass is 32.2. The van der Waals surface area contributed by atoms with Gasteiger partial charge in [-0.05, 0) is 59.5 Å². The standard InChI is InChI=1S/C27H22F6N2O5S/c28-19-6-17(8-22(11-19)40-26(29)30)15-4-5-16-7-20(12-25(37)34-13-21(36)14-34)35(24(16)9-15)41(38,39)23-3-1-2-18(10-23)27(31,32)33/h1-6,8-11,20-21,26,36H,7,12-14H2. The number of rotatable bonds is 7. The fourth-order valence-electron chi connectivity index (χ4n) is 4.97. The summed E-state index contributed by atoms with van der Waals surface area (Å²) in [6.45, 7) is -3.07. The van der Waals surface area contributed by atoms with Crippen LogP contribution in [0.4, 0.5) is 32.0 Å². The van der Waals surface area contributed by atoms with E-state index in [4.69, 9.17) is 0 Å². The molecule has 1 N–H and O–H groups in total. The number of aliphatic hydroxyl groups is 1. The summed E-state index contributed by atoms with van der Waals surface area (Å²) in [5.41, 5.74) is -0.396. The largest absolute Gasteiger partial charge is 0.435 e. The van der Waals surface area contributed by atoms with E-state index in [2.05, 4.69) is 4.74 Å². The number of amides is 1. The van der Waals surface area contributed by atoms with Gasteiger partial charge in [-0.3, -0.25) is 9.10 Å². The Kier molecular flexibility index (Phi) is 7.40. The molecule has 218 valence electrons. The summed E-state index contributed by atoms with van der Waals surface area (Å²) in [5, 5.41) is 9.55. The van der Waals surface area contributed by atoms with E-state index >= 15 is 0 Å².